The van der Waals surface area contributed by atoms with E-state index in [1.165, 1.54) is 80.3 Å². The summed E-state index contributed by atoms with van der Waals surface area (Å²) in [6.45, 7) is 16.7. The van der Waals surface area contributed by atoms with Crippen LogP contribution >= 0.6 is 11.6 Å². The Labute approximate surface area is 480 Å². The number of amides is 2. The quantitative estimate of drug-likeness (QED) is 0.0601. The maximum Gasteiger partial charge on any atom is 0.283 e. The van der Waals surface area contributed by atoms with Gasteiger partial charge in [-0.3, -0.25) is 19.0 Å². The topological polar surface area (TPSA) is 245 Å². The number of rotatable bonds is 18. The Morgan fingerprint density at radius 3 is 2.07 bits per heavy atom. The molecule has 436 valence electrons. The van der Waals surface area contributed by atoms with E-state index in [1.54, 1.807) is 63.1 Å². The summed E-state index contributed by atoms with van der Waals surface area (Å²) >= 11 is 6.28. The number of fused-ring (bicyclic) bond motifs is 6. The summed E-state index contributed by atoms with van der Waals surface area (Å²) in [6, 6.07) is 12.6. The van der Waals surface area contributed by atoms with Crippen molar-refractivity contribution in [2.75, 3.05) is 24.7 Å². The molecular weight excluding hydrogens is 1090 g/mol. The Hall–Kier alpha value is -6.33. The number of nitrogens with one attached hydrogen (secondary N) is 2. The molecule has 4 fully saturated rings. The van der Waals surface area contributed by atoms with Crippen LogP contribution in [-0.2, 0) is 33.1 Å². The molecule has 6 aromatic rings. The molecule has 11 rings (SSSR count). The predicted octanol–water partition coefficient (Wildman–Crippen LogP) is 9.74. The third kappa shape index (κ3) is 14.5. The molecular formula is C57H76ClN13O8S2. The molecule has 6 aromatic heterocycles. The van der Waals surface area contributed by atoms with Crippen molar-refractivity contribution in [2.24, 2.45) is 28.1 Å². The lowest BCUT2D eigenvalue weighted by atomic mass is 9.89. The van der Waals surface area contributed by atoms with Crippen molar-refractivity contribution in [2.45, 2.75) is 173 Å². The van der Waals surface area contributed by atoms with Gasteiger partial charge in [-0.05, 0) is 162 Å². The van der Waals surface area contributed by atoms with Crippen LogP contribution in [0.5, 0.6) is 11.8 Å². The summed E-state index contributed by atoms with van der Waals surface area (Å²) in [5, 5.41) is 16.7. The van der Waals surface area contributed by atoms with Gasteiger partial charge >= 0.3 is 0 Å². The summed E-state index contributed by atoms with van der Waals surface area (Å²) in [6.07, 6.45) is 24.6. The van der Waals surface area contributed by atoms with Gasteiger partial charge in [0.05, 0.1) is 24.3 Å². The Balaban J connectivity index is 0.000000182. The molecule has 1 saturated heterocycles. The zero-order valence-corrected chi connectivity index (χ0v) is 49.7. The number of hydrogen-bond acceptors (Lipinski definition) is 15. The predicted molar refractivity (Wildman–Crippen MR) is 305 cm³/mol. The summed E-state index contributed by atoms with van der Waals surface area (Å²) in [7, 11) is -8.34. The van der Waals surface area contributed by atoms with Crippen LogP contribution in [0.4, 0.5) is 5.82 Å². The van der Waals surface area contributed by atoms with E-state index in [2.05, 4.69) is 76.5 Å². The molecule has 2 unspecified atom stereocenters. The largest absolute Gasteiger partial charge is 0.477 e. The van der Waals surface area contributed by atoms with Gasteiger partial charge in [0.15, 0.2) is 21.7 Å². The Morgan fingerprint density at radius 1 is 0.765 bits per heavy atom. The van der Waals surface area contributed by atoms with Crippen molar-refractivity contribution >= 4 is 49.3 Å². The van der Waals surface area contributed by atoms with E-state index in [4.69, 9.17) is 26.1 Å². The molecule has 81 heavy (non-hydrogen) atoms. The first kappa shape index (κ1) is 57.9. The number of carbonyl (C=O) groups excluding carboxylic acids is 2. The molecule has 0 aromatic carbocycles. The second-order valence-corrected chi connectivity index (χ2v) is 28.6. The zero-order chi connectivity index (χ0) is 57.4. The van der Waals surface area contributed by atoms with Crippen LogP contribution in [-0.4, -0.2) is 103 Å². The van der Waals surface area contributed by atoms with Crippen molar-refractivity contribution in [1.29, 1.82) is 0 Å². The average Bonchev–Trinajstić information content (AvgIpc) is 3.89. The van der Waals surface area contributed by atoms with E-state index in [9.17, 15) is 26.4 Å². The van der Waals surface area contributed by atoms with Crippen molar-refractivity contribution < 1.29 is 35.9 Å². The number of ether oxygens (including phenoxy) is 2. The van der Waals surface area contributed by atoms with Crippen LogP contribution in [0.15, 0.2) is 83.4 Å². The lowest BCUT2D eigenvalue weighted by Crippen LogP contribution is -2.41. The number of anilines is 1. The number of aryl methyl sites for hydroxylation is 2. The monoisotopic (exact) mass is 1170 g/mol. The molecule has 0 spiro atoms. The fourth-order valence-electron chi connectivity index (χ4n) is 11.3. The molecule has 4 bridgehead atoms. The van der Waals surface area contributed by atoms with E-state index in [1.807, 2.05) is 4.72 Å². The molecule has 3 saturated carbocycles. The molecule has 2 aliphatic heterocycles. The smallest absolute Gasteiger partial charge is 0.283 e. The van der Waals surface area contributed by atoms with Crippen molar-refractivity contribution in [3.63, 3.8) is 0 Å². The van der Waals surface area contributed by atoms with Gasteiger partial charge in [-0.1, -0.05) is 58.6 Å². The molecule has 2 atom stereocenters. The molecule has 5 aliphatic rings. The van der Waals surface area contributed by atoms with Gasteiger partial charge < -0.3 is 14.4 Å². The normalized spacial score (nSPS) is 21.1. The number of aromatic nitrogens is 10. The number of halogens is 1. The van der Waals surface area contributed by atoms with Crippen molar-refractivity contribution in [3.8, 4) is 23.4 Å². The van der Waals surface area contributed by atoms with E-state index in [0.29, 0.717) is 77.7 Å². The van der Waals surface area contributed by atoms with E-state index >= 15 is 0 Å². The number of hydrogen-bond donors (Lipinski definition) is 2. The SMILES string of the molecule is CC1(C)CCC(CCCCn2ccc(S(=O)(=O)NC(=O)c3ccc(-n4ccc(OCCC5(C)CC5)n4)nc3Cl)n2)C1.CC1(CCOc2ccn(-c3ccc4c(n3)N3CC(CCCCn5ccc(n5)S(=O)(=O)NC4=O)CC3(C)C)n2)CC1. The van der Waals surface area contributed by atoms with Crippen LogP contribution in [0, 0.1) is 28.1 Å². The Kier molecular flexibility index (Phi) is 16.5. The summed E-state index contributed by atoms with van der Waals surface area (Å²) in [5.41, 5.74) is 1.10. The fourth-order valence-corrected chi connectivity index (χ4v) is 13.4. The van der Waals surface area contributed by atoms with E-state index in [0.717, 1.165) is 63.8 Å². The lowest BCUT2D eigenvalue weighted by molar-refractivity contribution is 0.0972. The van der Waals surface area contributed by atoms with E-state index in [-0.39, 0.29) is 31.9 Å². The number of pyridine rings is 2. The zero-order valence-electron chi connectivity index (χ0n) is 47.3. The van der Waals surface area contributed by atoms with Gasteiger partial charge in [-0.25, -0.2) is 28.8 Å². The van der Waals surface area contributed by atoms with Gasteiger partial charge in [-0.15, -0.1) is 10.2 Å². The lowest BCUT2D eigenvalue weighted by Gasteiger charge is -2.34. The standard InChI is InChI=1S/C29H39ClN6O4S.C28H37N7O4S/c1-28(2)12-9-21(20-28)6-4-5-16-35-17-11-25(33-35)41(38,39)34-27(37)22-7-8-23(31-26(22)30)36-18-10-24(32-36)40-19-15-29(3)13-14-29;1-27(2)18-20-6-4-5-14-33-15-10-24(31-33)40(37,38)32-26(36)21-7-8-22(29-25(21)34(27)19-20)35-16-9-23(30-35)39-17-13-28(3)11-12-28/h7-8,10-11,17-18,21H,4-6,9,12-16,19-20H2,1-3H3,(H,34,37);7-10,15-16,20H,4-6,11-14,17-19H2,1-3H3,(H,32,36). The Morgan fingerprint density at radius 2 is 1.43 bits per heavy atom. The highest BCUT2D eigenvalue weighted by molar-refractivity contribution is 7.90. The van der Waals surface area contributed by atoms with Crippen molar-refractivity contribution in [1.82, 2.24) is 58.5 Å². The van der Waals surface area contributed by atoms with Gasteiger partial charge in [0, 0.05) is 62.1 Å². The summed E-state index contributed by atoms with van der Waals surface area (Å²) in [4.78, 5) is 37.6. The van der Waals surface area contributed by atoms with Crippen LogP contribution < -0.4 is 23.8 Å². The van der Waals surface area contributed by atoms with Crippen LogP contribution in [0.25, 0.3) is 11.6 Å². The molecule has 2 N–H and O–H groups in total. The highest BCUT2D eigenvalue weighted by atomic mass is 35.5. The molecule has 2 amide bonds. The second-order valence-electron chi connectivity index (χ2n) is 25.0. The highest BCUT2D eigenvalue weighted by Gasteiger charge is 2.42. The maximum atomic E-state index is 13.5. The average molecular weight is 1170 g/mol. The minimum atomic E-state index is -4.19. The van der Waals surface area contributed by atoms with E-state index < -0.39 is 31.9 Å². The number of nitrogens with zero attached hydrogens (tertiary/aromatic N) is 11. The molecule has 24 heteroatoms. The fraction of sp³-hybridized carbons (Fsp3) is 0.579. The first-order valence-electron chi connectivity index (χ1n) is 28.5. The third-order valence-corrected chi connectivity index (χ3v) is 19.7. The van der Waals surface area contributed by atoms with Gasteiger partial charge in [0.2, 0.25) is 11.8 Å². The van der Waals surface area contributed by atoms with Crippen LogP contribution in [0.2, 0.25) is 5.15 Å². The highest BCUT2D eigenvalue weighted by Crippen LogP contribution is 2.49. The first-order valence-corrected chi connectivity index (χ1v) is 31.8. The second kappa shape index (κ2) is 23.1. The molecule has 21 nitrogen and oxygen atoms in total. The van der Waals surface area contributed by atoms with Crippen LogP contribution in [0.1, 0.15) is 165 Å². The maximum absolute atomic E-state index is 13.5. The number of unbranched alkanes of at least 4 members (excludes halogenated alkanes) is 1. The van der Waals surface area contributed by atoms with Gasteiger partial charge in [0.25, 0.3) is 31.9 Å². The van der Waals surface area contributed by atoms with Gasteiger partial charge in [0.1, 0.15) is 11.0 Å². The minimum Gasteiger partial charge on any atom is -0.477 e. The number of sulfonamides is 2. The molecule has 3 aliphatic carbocycles. The summed E-state index contributed by atoms with van der Waals surface area (Å²) < 4.78 is 74.0. The van der Waals surface area contributed by atoms with Crippen molar-refractivity contribution in [3.05, 3.63) is 89.6 Å². The first-order chi connectivity index (χ1) is 38.4. The molecule has 0 radical (unpaired) electrons. The van der Waals surface area contributed by atoms with Gasteiger partial charge in [-0.2, -0.15) is 27.0 Å². The molecule has 8 heterocycles. The summed E-state index contributed by atoms with van der Waals surface area (Å²) in [5.74, 6) is 1.90. The third-order valence-electron chi connectivity index (χ3n) is 16.9. The number of carbonyl (C=O) groups is 2. The minimum absolute atomic E-state index is 0.0742. The van der Waals surface area contributed by atoms with Crippen LogP contribution in [0.3, 0.4) is 0 Å². The Bertz CT molecular complexity index is 3470.